The van der Waals surface area contributed by atoms with E-state index >= 15 is 0 Å². The second-order valence-corrected chi connectivity index (χ2v) is 21.0. The second kappa shape index (κ2) is 57.9. The fourth-order valence-electron chi connectivity index (χ4n) is 9.51. The van der Waals surface area contributed by atoms with Crippen molar-refractivity contribution in [2.75, 3.05) is 13.2 Å². The molecule has 0 aromatic rings. The normalized spacial score (nSPS) is 12.7. The fourth-order valence-corrected chi connectivity index (χ4v) is 9.51. The smallest absolute Gasteiger partial charge is 0.305 e. The molecular formula is C62H119NO5. The first-order valence-corrected chi connectivity index (χ1v) is 30.6. The lowest BCUT2D eigenvalue weighted by atomic mass is 10.0. The van der Waals surface area contributed by atoms with E-state index in [1.165, 1.54) is 231 Å². The lowest BCUT2D eigenvalue weighted by molar-refractivity contribution is -0.143. The SMILES string of the molecule is CCCCCCCC/C=C\CCCCCCCC(=O)OCCCCCCCC/C=C\CCCCCC(=O)NC(CO)C(O)CCCCCCCCCCCCCCCCCCCCCCCCC. The number of allylic oxidation sites excluding steroid dienone is 4. The molecule has 0 aliphatic carbocycles. The molecule has 0 saturated heterocycles. The molecule has 0 spiro atoms. The molecule has 0 bridgehead atoms. The molecule has 0 rings (SSSR count). The molecule has 3 N–H and O–H groups in total. The highest BCUT2D eigenvalue weighted by Crippen LogP contribution is 2.17. The molecule has 0 saturated carbocycles. The zero-order valence-electron chi connectivity index (χ0n) is 45.9. The van der Waals surface area contributed by atoms with E-state index in [2.05, 4.69) is 43.5 Å². The Kier molecular flexibility index (Phi) is 56.5. The van der Waals surface area contributed by atoms with E-state index in [-0.39, 0.29) is 18.5 Å². The van der Waals surface area contributed by atoms with Crippen molar-refractivity contribution in [3.05, 3.63) is 24.3 Å². The Morgan fingerprint density at radius 3 is 1.06 bits per heavy atom. The summed E-state index contributed by atoms with van der Waals surface area (Å²) in [6.45, 7) is 4.92. The number of carbonyl (C=O) groups excluding carboxylic acids is 2. The van der Waals surface area contributed by atoms with Gasteiger partial charge in [0.05, 0.1) is 25.4 Å². The molecule has 0 aliphatic heterocycles. The summed E-state index contributed by atoms with van der Waals surface area (Å²) in [5, 5.41) is 23.3. The predicted octanol–water partition coefficient (Wildman–Crippen LogP) is 19.0. The molecule has 0 aromatic heterocycles. The quantitative estimate of drug-likeness (QED) is 0.0321. The Labute approximate surface area is 424 Å². The summed E-state index contributed by atoms with van der Waals surface area (Å²) in [4.78, 5) is 24.6. The Bertz CT molecular complexity index is 1060. The van der Waals surface area contributed by atoms with E-state index in [1.54, 1.807) is 0 Å². The van der Waals surface area contributed by atoms with Crippen LogP contribution in [0.4, 0.5) is 0 Å². The molecule has 0 aliphatic rings. The summed E-state index contributed by atoms with van der Waals surface area (Å²) in [7, 11) is 0. The van der Waals surface area contributed by atoms with Crippen molar-refractivity contribution in [2.24, 2.45) is 0 Å². The molecule has 2 atom stereocenters. The van der Waals surface area contributed by atoms with Crippen LogP contribution in [0.2, 0.25) is 0 Å². The first-order valence-electron chi connectivity index (χ1n) is 30.6. The Balaban J connectivity index is 3.48. The van der Waals surface area contributed by atoms with Crippen molar-refractivity contribution < 1.29 is 24.5 Å². The minimum Gasteiger partial charge on any atom is -0.466 e. The van der Waals surface area contributed by atoms with Gasteiger partial charge in [0.15, 0.2) is 0 Å². The summed E-state index contributed by atoms with van der Waals surface area (Å²) in [6, 6.07) is -0.563. The maximum absolute atomic E-state index is 12.5. The first kappa shape index (κ1) is 66.3. The van der Waals surface area contributed by atoms with Crippen LogP contribution in [0.5, 0.6) is 0 Å². The second-order valence-electron chi connectivity index (χ2n) is 21.0. The monoisotopic (exact) mass is 958 g/mol. The fraction of sp³-hybridized carbons (Fsp3) is 0.903. The van der Waals surface area contributed by atoms with E-state index in [0.717, 1.165) is 70.6 Å². The van der Waals surface area contributed by atoms with Crippen LogP contribution in [0.15, 0.2) is 24.3 Å². The van der Waals surface area contributed by atoms with Gasteiger partial charge in [-0.1, -0.05) is 269 Å². The van der Waals surface area contributed by atoms with Crippen molar-refractivity contribution in [2.45, 2.75) is 347 Å². The number of hydrogen-bond donors (Lipinski definition) is 3. The van der Waals surface area contributed by atoms with Crippen LogP contribution in [0.25, 0.3) is 0 Å². The molecular weight excluding hydrogens is 839 g/mol. The largest absolute Gasteiger partial charge is 0.466 e. The Hall–Kier alpha value is -1.66. The zero-order chi connectivity index (χ0) is 49.3. The number of amides is 1. The molecule has 6 nitrogen and oxygen atoms in total. The van der Waals surface area contributed by atoms with Crippen LogP contribution < -0.4 is 5.32 Å². The number of hydrogen-bond acceptors (Lipinski definition) is 5. The third kappa shape index (κ3) is 53.7. The van der Waals surface area contributed by atoms with Gasteiger partial charge in [-0.25, -0.2) is 0 Å². The molecule has 68 heavy (non-hydrogen) atoms. The van der Waals surface area contributed by atoms with Crippen molar-refractivity contribution >= 4 is 11.9 Å². The number of aliphatic hydroxyl groups is 2. The van der Waals surface area contributed by atoms with Crippen molar-refractivity contribution in [1.29, 1.82) is 0 Å². The summed E-state index contributed by atoms with van der Waals surface area (Å²) in [5.74, 6) is -0.0816. The third-order valence-corrected chi connectivity index (χ3v) is 14.2. The minimum atomic E-state index is -0.683. The molecule has 0 radical (unpaired) electrons. The van der Waals surface area contributed by atoms with Crippen LogP contribution in [0.1, 0.15) is 335 Å². The van der Waals surface area contributed by atoms with Gasteiger partial charge >= 0.3 is 5.97 Å². The van der Waals surface area contributed by atoms with Gasteiger partial charge < -0.3 is 20.3 Å². The number of nitrogens with one attached hydrogen (secondary N) is 1. The van der Waals surface area contributed by atoms with Gasteiger partial charge in [0.1, 0.15) is 0 Å². The highest BCUT2D eigenvalue weighted by atomic mass is 16.5. The minimum absolute atomic E-state index is 0.0196. The van der Waals surface area contributed by atoms with Gasteiger partial charge in [0, 0.05) is 12.8 Å². The van der Waals surface area contributed by atoms with E-state index in [9.17, 15) is 19.8 Å². The summed E-state index contributed by atoms with van der Waals surface area (Å²) >= 11 is 0. The van der Waals surface area contributed by atoms with Crippen LogP contribution in [0, 0.1) is 0 Å². The average molecular weight is 959 g/mol. The lowest BCUT2D eigenvalue weighted by Crippen LogP contribution is -2.45. The molecule has 2 unspecified atom stereocenters. The van der Waals surface area contributed by atoms with Crippen molar-refractivity contribution in [3.8, 4) is 0 Å². The van der Waals surface area contributed by atoms with Gasteiger partial charge in [0.2, 0.25) is 5.91 Å². The van der Waals surface area contributed by atoms with Gasteiger partial charge in [-0.3, -0.25) is 9.59 Å². The molecule has 1 amide bonds. The molecule has 402 valence electrons. The standard InChI is InChI=1S/C62H119NO5/c1-3-5-7-9-11-13-15-17-19-20-21-22-23-24-25-26-28-30-34-38-42-46-50-54-60(65)59(58-64)63-61(66)55-51-47-43-39-35-31-29-33-37-41-45-49-53-57-68-62(67)56-52-48-44-40-36-32-27-18-16-14-12-10-8-6-4-2/h18,27,31,35,59-60,64-65H,3-17,19-26,28-30,32-34,36-58H2,1-2H3,(H,63,66)/b27-18-,35-31-. The maximum atomic E-state index is 12.5. The zero-order valence-corrected chi connectivity index (χ0v) is 45.9. The van der Waals surface area contributed by atoms with Crippen molar-refractivity contribution in [1.82, 2.24) is 5.32 Å². The highest BCUT2D eigenvalue weighted by Gasteiger charge is 2.20. The van der Waals surface area contributed by atoms with Crippen LogP contribution >= 0.6 is 0 Å². The predicted molar refractivity (Wildman–Crippen MR) is 296 cm³/mol. The first-order chi connectivity index (χ1) is 33.5. The highest BCUT2D eigenvalue weighted by molar-refractivity contribution is 5.76. The number of ether oxygens (including phenoxy) is 1. The Morgan fingerprint density at radius 2 is 0.691 bits per heavy atom. The topological polar surface area (TPSA) is 95.9 Å². The molecule has 0 heterocycles. The lowest BCUT2D eigenvalue weighted by Gasteiger charge is -2.22. The van der Waals surface area contributed by atoms with Crippen LogP contribution in [0.3, 0.4) is 0 Å². The summed E-state index contributed by atoms with van der Waals surface area (Å²) in [5.41, 5.74) is 0. The van der Waals surface area contributed by atoms with E-state index in [1.807, 2.05) is 0 Å². The number of esters is 1. The summed E-state index contributed by atoms with van der Waals surface area (Å²) in [6.07, 6.45) is 70.4. The summed E-state index contributed by atoms with van der Waals surface area (Å²) < 4.78 is 5.46. The number of carbonyl (C=O) groups is 2. The van der Waals surface area contributed by atoms with Crippen LogP contribution in [-0.2, 0) is 14.3 Å². The van der Waals surface area contributed by atoms with Crippen LogP contribution in [-0.4, -0.2) is 47.4 Å². The van der Waals surface area contributed by atoms with Crippen molar-refractivity contribution in [3.63, 3.8) is 0 Å². The van der Waals surface area contributed by atoms with Gasteiger partial charge in [-0.2, -0.15) is 0 Å². The van der Waals surface area contributed by atoms with E-state index in [0.29, 0.717) is 25.9 Å². The van der Waals surface area contributed by atoms with Gasteiger partial charge in [-0.05, 0) is 77.0 Å². The van der Waals surface area contributed by atoms with E-state index in [4.69, 9.17) is 4.74 Å². The molecule has 0 aromatic carbocycles. The maximum Gasteiger partial charge on any atom is 0.305 e. The number of aliphatic hydroxyl groups excluding tert-OH is 2. The third-order valence-electron chi connectivity index (χ3n) is 14.2. The number of rotatable bonds is 57. The van der Waals surface area contributed by atoms with E-state index < -0.39 is 12.1 Å². The molecule has 0 fully saturated rings. The van der Waals surface area contributed by atoms with Gasteiger partial charge in [0.25, 0.3) is 0 Å². The Morgan fingerprint density at radius 1 is 0.397 bits per heavy atom. The number of unbranched alkanes of at least 4 members (excludes halogenated alkanes) is 42. The molecule has 6 heteroatoms. The average Bonchev–Trinajstić information content (AvgIpc) is 3.34. The van der Waals surface area contributed by atoms with Gasteiger partial charge in [-0.15, -0.1) is 0 Å².